The topological polar surface area (TPSA) is 50.4 Å². The van der Waals surface area contributed by atoms with Crippen LogP contribution in [0.1, 0.15) is 46.0 Å². The van der Waals surface area contributed by atoms with Crippen molar-refractivity contribution in [3.63, 3.8) is 0 Å². The summed E-state index contributed by atoms with van der Waals surface area (Å²) in [4.78, 5) is 11.9. The van der Waals surface area contributed by atoms with Crippen LogP contribution in [-0.4, -0.2) is 24.6 Å². The van der Waals surface area contributed by atoms with Crippen molar-refractivity contribution in [3.05, 3.63) is 24.3 Å². The minimum Gasteiger partial charge on any atom is -0.491 e. The lowest BCUT2D eigenvalue weighted by atomic mass is 10.2. The smallest absolute Gasteiger partial charge is 0.225 e. The average molecular weight is 290 g/mol. The molecular weight excluding hydrogens is 264 g/mol. The lowest BCUT2D eigenvalue weighted by molar-refractivity contribution is -0.116. The molecule has 4 heteroatoms. The van der Waals surface area contributed by atoms with E-state index >= 15 is 0 Å². The van der Waals surface area contributed by atoms with Crippen LogP contribution in [0.25, 0.3) is 0 Å². The molecule has 1 aromatic carbocycles. The van der Waals surface area contributed by atoms with Gasteiger partial charge < -0.3 is 15.4 Å². The predicted octanol–water partition coefficient (Wildman–Crippen LogP) is 3.33. The van der Waals surface area contributed by atoms with E-state index in [0.29, 0.717) is 12.5 Å². The van der Waals surface area contributed by atoms with Crippen LogP contribution in [-0.2, 0) is 4.79 Å². The Morgan fingerprint density at radius 2 is 1.90 bits per heavy atom. The maximum atomic E-state index is 11.9. The van der Waals surface area contributed by atoms with E-state index in [1.807, 2.05) is 38.1 Å². The van der Waals surface area contributed by atoms with Crippen LogP contribution in [0.2, 0.25) is 0 Å². The zero-order valence-corrected chi connectivity index (χ0v) is 13.0. The first-order valence-corrected chi connectivity index (χ1v) is 7.93. The zero-order chi connectivity index (χ0) is 15.1. The monoisotopic (exact) mass is 290 g/mol. The molecular formula is C17H26N2O2. The van der Waals surface area contributed by atoms with E-state index in [-0.39, 0.29) is 12.0 Å². The molecule has 0 unspecified atom stereocenters. The van der Waals surface area contributed by atoms with Gasteiger partial charge >= 0.3 is 0 Å². The highest BCUT2D eigenvalue weighted by Gasteiger charge is 2.14. The summed E-state index contributed by atoms with van der Waals surface area (Å²) in [6.45, 7) is 4.74. The summed E-state index contributed by atoms with van der Waals surface area (Å²) in [6.07, 6.45) is 5.80. The molecule has 2 N–H and O–H groups in total. The number of nitrogens with one attached hydrogen (secondary N) is 2. The highest BCUT2D eigenvalue weighted by molar-refractivity contribution is 5.90. The highest BCUT2D eigenvalue weighted by atomic mass is 16.5. The van der Waals surface area contributed by atoms with E-state index in [2.05, 4.69) is 10.6 Å². The molecule has 1 aliphatic rings. The van der Waals surface area contributed by atoms with E-state index in [9.17, 15) is 4.79 Å². The van der Waals surface area contributed by atoms with Crippen LogP contribution >= 0.6 is 0 Å². The molecule has 0 radical (unpaired) electrons. The lowest BCUT2D eigenvalue weighted by Crippen LogP contribution is -2.29. The number of rotatable bonds is 7. The van der Waals surface area contributed by atoms with Crippen LogP contribution in [0.4, 0.5) is 5.69 Å². The Labute approximate surface area is 127 Å². The van der Waals surface area contributed by atoms with Gasteiger partial charge in [0.1, 0.15) is 5.75 Å². The number of hydrogen-bond donors (Lipinski definition) is 2. The third-order valence-corrected chi connectivity index (χ3v) is 3.65. The van der Waals surface area contributed by atoms with Crippen molar-refractivity contribution >= 4 is 11.6 Å². The summed E-state index contributed by atoms with van der Waals surface area (Å²) in [5, 5.41) is 6.36. The van der Waals surface area contributed by atoms with Crippen molar-refractivity contribution < 1.29 is 9.53 Å². The van der Waals surface area contributed by atoms with E-state index in [1.165, 1.54) is 25.7 Å². The summed E-state index contributed by atoms with van der Waals surface area (Å²) in [6, 6.07) is 8.13. The van der Waals surface area contributed by atoms with Gasteiger partial charge in [0.05, 0.1) is 6.10 Å². The fraction of sp³-hybridized carbons (Fsp3) is 0.588. The second-order valence-electron chi connectivity index (χ2n) is 5.92. The molecule has 1 amide bonds. The summed E-state index contributed by atoms with van der Waals surface area (Å²) in [5.41, 5.74) is 0.817. The largest absolute Gasteiger partial charge is 0.491 e. The number of carbonyl (C=O) groups excluding carboxylic acids is 1. The molecule has 1 saturated carbocycles. The van der Waals surface area contributed by atoms with Crippen LogP contribution in [0, 0.1) is 0 Å². The molecule has 0 atom stereocenters. The molecule has 116 valence electrons. The minimum absolute atomic E-state index is 0.0537. The molecule has 0 aliphatic heterocycles. The average Bonchev–Trinajstić information content (AvgIpc) is 2.93. The third-order valence-electron chi connectivity index (χ3n) is 3.65. The summed E-state index contributed by atoms with van der Waals surface area (Å²) < 4.78 is 5.57. The molecule has 0 bridgehead atoms. The quantitative estimate of drug-likeness (QED) is 0.810. The first-order chi connectivity index (χ1) is 10.1. The number of amides is 1. The maximum absolute atomic E-state index is 11.9. The fourth-order valence-corrected chi connectivity index (χ4v) is 2.63. The normalized spacial score (nSPS) is 15.4. The molecule has 2 rings (SSSR count). The molecule has 1 fully saturated rings. The lowest BCUT2D eigenvalue weighted by Gasteiger charge is -2.12. The molecule has 0 spiro atoms. The maximum Gasteiger partial charge on any atom is 0.225 e. The first kappa shape index (κ1) is 15.8. The highest BCUT2D eigenvalue weighted by Crippen LogP contribution is 2.18. The Hall–Kier alpha value is -1.55. The van der Waals surface area contributed by atoms with Gasteiger partial charge in [-0.05, 0) is 51.0 Å². The molecule has 4 nitrogen and oxygen atoms in total. The molecule has 0 aromatic heterocycles. The minimum atomic E-state index is 0.0537. The summed E-state index contributed by atoms with van der Waals surface area (Å²) in [7, 11) is 0. The van der Waals surface area contributed by atoms with Crippen LogP contribution in [0.15, 0.2) is 24.3 Å². The van der Waals surface area contributed by atoms with Crippen molar-refractivity contribution in [1.29, 1.82) is 0 Å². The standard InChI is InChI=1S/C17H26N2O2/c1-13(2)21-16-9-7-15(8-10-16)19-17(20)11-12-18-14-5-3-4-6-14/h7-10,13-14,18H,3-6,11-12H2,1-2H3,(H,19,20). The van der Waals surface area contributed by atoms with Crippen molar-refractivity contribution in [2.75, 3.05) is 11.9 Å². The van der Waals surface area contributed by atoms with Gasteiger partial charge in [0.2, 0.25) is 5.91 Å². The Morgan fingerprint density at radius 1 is 1.24 bits per heavy atom. The molecule has 0 saturated heterocycles. The molecule has 1 aliphatic carbocycles. The summed E-state index contributed by atoms with van der Waals surface area (Å²) in [5.74, 6) is 0.879. The Morgan fingerprint density at radius 3 is 2.52 bits per heavy atom. The predicted molar refractivity (Wildman–Crippen MR) is 85.7 cm³/mol. The number of ether oxygens (including phenoxy) is 1. The van der Waals surface area contributed by atoms with Crippen LogP contribution in [0.3, 0.4) is 0 Å². The van der Waals surface area contributed by atoms with Gasteiger partial charge in [-0.25, -0.2) is 0 Å². The van der Waals surface area contributed by atoms with Crippen molar-refractivity contribution in [2.45, 2.75) is 58.1 Å². The van der Waals surface area contributed by atoms with Gasteiger partial charge in [0.15, 0.2) is 0 Å². The summed E-state index contributed by atoms with van der Waals surface area (Å²) >= 11 is 0. The Kier molecular flexibility index (Phi) is 6.05. The van der Waals surface area contributed by atoms with Gasteiger partial charge in [-0.15, -0.1) is 0 Å². The number of anilines is 1. The zero-order valence-electron chi connectivity index (χ0n) is 13.0. The number of carbonyl (C=O) groups is 1. The Balaban J connectivity index is 1.69. The van der Waals surface area contributed by atoms with Crippen molar-refractivity contribution in [1.82, 2.24) is 5.32 Å². The second kappa shape index (κ2) is 8.03. The fourth-order valence-electron chi connectivity index (χ4n) is 2.63. The van der Waals surface area contributed by atoms with Gasteiger partial charge in [-0.2, -0.15) is 0 Å². The SMILES string of the molecule is CC(C)Oc1ccc(NC(=O)CCNC2CCCC2)cc1. The van der Waals surface area contributed by atoms with Gasteiger partial charge in [-0.3, -0.25) is 4.79 Å². The third kappa shape index (κ3) is 5.76. The van der Waals surface area contributed by atoms with Crippen molar-refractivity contribution in [3.8, 4) is 5.75 Å². The van der Waals surface area contributed by atoms with Crippen LogP contribution < -0.4 is 15.4 Å². The number of hydrogen-bond acceptors (Lipinski definition) is 3. The van der Waals surface area contributed by atoms with Crippen LogP contribution in [0.5, 0.6) is 5.75 Å². The van der Waals surface area contributed by atoms with Gasteiger partial charge in [0.25, 0.3) is 0 Å². The van der Waals surface area contributed by atoms with Gasteiger partial charge in [-0.1, -0.05) is 12.8 Å². The van der Waals surface area contributed by atoms with Crippen molar-refractivity contribution in [2.24, 2.45) is 0 Å². The van der Waals surface area contributed by atoms with Gasteiger partial charge in [0, 0.05) is 24.7 Å². The second-order valence-corrected chi connectivity index (χ2v) is 5.92. The molecule has 0 heterocycles. The first-order valence-electron chi connectivity index (χ1n) is 7.93. The van der Waals surface area contributed by atoms with E-state index in [1.54, 1.807) is 0 Å². The van der Waals surface area contributed by atoms with E-state index in [0.717, 1.165) is 18.0 Å². The molecule has 1 aromatic rings. The number of benzene rings is 1. The van der Waals surface area contributed by atoms with E-state index in [4.69, 9.17) is 4.74 Å². The molecule has 21 heavy (non-hydrogen) atoms. The Bertz CT molecular complexity index is 437. The van der Waals surface area contributed by atoms with E-state index < -0.39 is 0 Å².